The molecule has 0 fully saturated rings. The Morgan fingerprint density at radius 1 is 1.04 bits per heavy atom. The van der Waals surface area contributed by atoms with Gasteiger partial charge in [-0.25, -0.2) is 13.6 Å². The highest BCUT2D eigenvalue weighted by atomic mass is 35.5. The summed E-state index contributed by atoms with van der Waals surface area (Å²) in [5.41, 5.74) is -0.563. The quantitative estimate of drug-likeness (QED) is 0.837. The Hall–Kier alpha value is -2.18. The normalized spacial score (nSPS) is 10.3. The van der Waals surface area contributed by atoms with E-state index in [1.54, 1.807) is 0 Å². The standard InChI is InChI=1S/C15H9Cl2F2NO3/c16-9-4-8(5-10(17)6-9)15(22)23-7-13(21)20-14-11(18)2-1-3-12(14)19/h1-6H,7H2,(H,20,21). The molecule has 1 amide bonds. The van der Waals surface area contributed by atoms with Crippen molar-refractivity contribution in [3.8, 4) is 0 Å². The van der Waals surface area contributed by atoms with E-state index in [0.717, 1.165) is 18.2 Å². The van der Waals surface area contributed by atoms with Crippen LogP contribution in [0.5, 0.6) is 0 Å². The fraction of sp³-hybridized carbons (Fsp3) is 0.0667. The fourth-order valence-corrected chi connectivity index (χ4v) is 2.20. The number of nitrogens with one attached hydrogen (secondary N) is 1. The monoisotopic (exact) mass is 359 g/mol. The highest BCUT2D eigenvalue weighted by Gasteiger charge is 2.15. The lowest BCUT2D eigenvalue weighted by Crippen LogP contribution is -2.22. The molecule has 0 aliphatic heterocycles. The average molecular weight is 360 g/mol. The van der Waals surface area contributed by atoms with Crippen LogP contribution in [0.2, 0.25) is 10.0 Å². The van der Waals surface area contributed by atoms with Crippen molar-refractivity contribution in [2.75, 3.05) is 11.9 Å². The van der Waals surface area contributed by atoms with E-state index >= 15 is 0 Å². The first kappa shape index (κ1) is 17.2. The first-order valence-electron chi connectivity index (χ1n) is 6.24. The molecule has 2 aromatic rings. The molecule has 8 heteroatoms. The molecule has 120 valence electrons. The number of carbonyl (C=O) groups excluding carboxylic acids is 2. The molecule has 0 aliphatic carbocycles. The third-order valence-corrected chi connectivity index (χ3v) is 3.10. The Kier molecular flexibility index (Phi) is 5.52. The zero-order valence-corrected chi connectivity index (χ0v) is 12.9. The van der Waals surface area contributed by atoms with Crippen LogP contribution in [0, 0.1) is 11.6 Å². The molecule has 0 heterocycles. The lowest BCUT2D eigenvalue weighted by molar-refractivity contribution is -0.119. The smallest absolute Gasteiger partial charge is 0.338 e. The van der Waals surface area contributed by atoms with Crippen LogP contribution < -0.4 is 5.32 Å². The highest BCUT2D eigenvalue weighted by molar-refractivity contribution is 6.35. The zero-order chi connectivity index (χ0) is 17.0. The maximum Gasteiger partial charge on any atom is 0.338 e. The van der Waals surface area contributed by atoms with E-state index in [1.165, 1.54) is 18.2 Å². The second-order valence-electron chi connectivity index (χ2n) is 4.38. The molecule has 0 aliphatic rings. The molecule has 0 saturated heterocycles. The topological polar surface area (TPSA) is 55.4 Å². The van der Waals surface area contributed by atoms with Crippen molar-refractivity contribution in [1.29, 1.82) is 0 Å². The largest absolute Gasteiger partial charge is 0.452 e. The fourth-order valence-electron chi connectivity index (χ4n) is 1.68. The van der Waals surface area contributed by atoms with Crippen LogP contribution in [-0.4, -0.2) is 18.5 Å². The van der Waals surface area contributed by atoms with E-state index < -0.39 is 35.8 Å². The van der Waals surface area contributed by atoms with Crippen molar-refractivity contribution in [3.63, 3.8) is 0 Å². The van der Waals surface area contributed by atoms with Crippen LogP contribution in [0.1, 0.15) is 10.4 Å². The Bertz CT molecular complexity index is 728. The van der Waals surface area contributed by atoms with Gasteiger partial charge in [0, 0.05) is 10.0 Å². The van der Waals surface area contributed by atoms with Gasteiger partial charge in [-0.15, -0.1) is 0 Å². The minimum absolute atomic E-state index is 0.0485. The van der Waals surface area contributed by atoms with Crippen molar-refractivity contribution in [1.82, 2.24) is 0 Å². The number of rotatable bonds is 4. The summed E-state index contributed by atoms with van der Waals surface area (Å²) in [6.45, 7) is -0.725. The number of anilines is 1. The molecule has 23 heavy (non-hydrogen) atoms. The van der Waals surface area contributed by atoms with Crippen LogP contribution in [0.3, 0.4) is 0 Å². The SMILES string of the molecule is O=C(COC(=O)c1cc(Cl)cc(Cl)c1)Nc1c(F)cccc1F. The molecule has 2 rings (SSSR count). The van der Waals surface area contributed by atoms with Gasteiger partial charge in [-0.2, -0.15) is 0 Å². The Labute approximate surface area is 140 Å². The van der Waals surface area contributed by atoms with Crippen molar-refractivity contribution in [2.24, 2.45) is 0 Å². The number of ether oxygens (including phenoxy) is 1. The van der Waals surface area contributed by atoms with Gasteiger partial charge in [0.05, 0.1) is 5.56 Å². The third-order valence-electron chi connectivity index (χ3n) is 2.66. The van der Waals surface area contributed by atoms with Gasteiger partial charge in [0.2, 0.25) is 0 Å². The number of carbonyl (C=O) groups is 2. The van der Waals surface area contributed by atoms with Crippen LogP contribution >= 0.6 is 23.2 Å². The zero-order valence-electron chi connectivity index (χ0n) is 11.4. The maximum atomic E-state index is 13.4. The van der Waals surface area contributed by atoms with Gasteiger partial charge in [0.1, 0.15) is 17.3 Å². The summed E-state index contributed by atoms with van der Waals surface area (Å²) >= 11 is 11.5. The number of benzene rings is 2. The first-order chi connectivity index (χ1) is 10.9. The summed E-state index contributed by atoms with van der Waals surface area (Å²) in [5.74, 6) is -3.62. The summed E-state index contributed by atoms with van der Waals surface area (Å²) in [7, 11) is 0. The number of hydrogen-bond donors (Lipinski definition) is 1. The molecular formula is C15H9Cl2F2NO3. The van der Waals surface area contributed by atoms with E-state index in [2.05, 4.69) is 0 Å². The van der Waals surface area contributed by atoms with Gasteiger partial charge < -0.3 is 10.1 Å². The lowest BCUT2D eigenvalue weighted by Gasteiger charge is -2.08. The number of esters is 1. The van der Waals surface area contributed by atoms with Gasteiger partial charge >= 0.3 is 5.97 Å². The predicted molar refractivity (Wildman–Crippen MR) is 81.7 cm³/mol. The molecule has 0 bridgehead atoms. The minimum atomic E-state index is -0.939. The minimum Gasteiger partial charge on any atom is -0.452 e. The molecule has 1 N–H and O–H groups in total. The summed E-state index contributed by atoms with van der Waals surface area (Å²) in [6.07, 6.45) is 0. The molecule has 0 saturated carbocycles. The molecule has 0 spiro atoms. The van der Waals surface area contributed by atoms with Gasteiger partial charge in [0.25, 0.3) is 5.91 Å². The van der Waals surface area contributed by atoms with Crippen LogP contribution in [0.25, 0.3) is 0 Å². The number of halogens is 4. The van der Waals surface area contributed by atoms with Crippen LogP contribution in [0.15, 0.2) is 36.4 Å². The molecule has 0 unspecified atom stereocenters. The summed E-state index contributed by atoms with van der Waals surface area (Å²) in [5, 5.41) is 2.44. The Morgan fingerprint density at radius 2 is 1.61 bits per heavy atom. The lowest BCUT2D eigenvalue weighted by atomic mass is 10.2. The summed E-state index contributed by atoms with van der Waals surface area (Å²) in [6, 6.07) is 7.17. The third kappa shape index (κ3) is 4.64. The molecule has 0 atom stereocenters. The van der Waals surface area contributed by atoms with Crippen molar-refractivity contribution >= 4 is 40.8 Å². The van der Waals surface area contributed by atoms with Crippen molar-refractivity contribution < 1.29 is 23.1 Å². The number of hydrogen-bond acceptors (Lipinski definition) is 3. The predicted octanol–water partition coefficient (Wildman–Crippen LogP) is 4.07. The number of para-hydroxylation sites is 1. The maximum absolute atomic E-state index is 13.4. The molecule has 4 nitrogen and oxygen atoms in total. The van der Waals surface area contributed by atoms with Gasteiger partial charge in [-0.1, -0.05) is 29.3 Å². The van der Waals surface area contributed by atoms with E-state index in [1.807, 2.05) is 5.32 Å². The van der Waals surface area contributed by atoms with E-state index in [9.17, 15) is 18.4 Å². The highest BCUT2D eigenvalue weighted by Crippen LogP contribution is 2.20. The molecule has 0 radical (unpaired) electrons. The molecule has 0 aromatic heterocycles. The van der Waals surface area contributed by atoms with Crippen molar-refractivity contribution in [2.45, 2.75) is 0 Å². The summed E-state index contributed by atoms with van der Waals surface area (Å²) < 4.78 is 31.5. The summed E-state index contributed by atoms with van der Waals surface area (Å²) in [4.78, 5) is 23.4. The van der Waals surface area contributed by atoms with Crippen molar-refractivity contribution in [3.05, 3.63) is 63.6 Å². The second-order valence-corrected chi connectivity index (χ2v) is 5.25. The van der Waals surface area contributed by atoms with E-state index in [0.29, 0.717) is 0 Å². The van der Waals surface area contributed by atoms with Gasteiger partial charge in [0.15, 0.2) is 6.61 Å². The van der Waals surface area contributed by atoms with E-state index in [4.69, 9.17) is 27.9 Å². The Balaban J connectivity index is 1.97. The van der Waals surface area contributed by atoms with Crippen LogP contribution in [0.4, 0.5) is 14.5 Å². The second kappa shape index (κ2) is 7.39. The average Bonchev–Trinajstić information content (AvgIpc) is 2.47. The first-order valence-corrected chi connectivity index (χ1v) is 6.99. The van der Waals surface area contributed by atoms with Gasteiger partial charge in [-0.3, -0.25) is 4.79 Å². The van der Waals surface area contributed by atoms with Gasteiger partial charge in [-0.05, 0) is 30.3 Å². The van der Waals surface area contributed by atoms with Crippen LogP contribution in [-0.2, 0) is 9.53 Å². The number of amides is 1. The Morgan fingerprint density at radius 3 is 2.17 bits per heavy atom. The molecule has 2 aromatic carbocycles. The van der Waals surface area contributed by atoms with E-state index in [-0.39, 0.29) is 15.6 Å². The molecular weight excluding hydrogens is 351 g/mol.